The van der Waals surface area contributed by atoms with Crippen molar-refractivity contribution >= 4 is 17.3 Å². The van der Waals surface area contributed by atoms with Gasteiger partial charge in [0.05, 0.1) is 10.6 Å². The Morgan fingerprint density at radius 2 is 2.10 bits per heavy atom. The van der Waals surface area contributed by atoms with Gasteiger partial charge in [0, 0.05) is 18.3 Å². The van der Waals surface area contributed by atoms with Gasteiger partial charge in [-0.05, 0) is 37.0 Å². The molecule has 0 saturated carbocycles. The van der Waals surface area contributed by atoms with Crippen LogP contribution < -0.4 is 56.3 Å². The molecule has 106 valence electrons. The van der Waals surface area contributed by atoms with E-state index in [9.17, 15) is 0 Å². The molecule has 2 aliphatic rings. The average Bonchev–Trinajstić information content (AvgIpc) is 2.76. The zero-order valence-electron chi connectivity index (χ0n) is 12.8. The van der Waals surface area contributed by atoms with Gasteiger partial charge in [0.25, 0.3) is 0 Å². The van der Waals surface area contributed by atoms with Crippen LogP contribution in [0.25, 0.3) is 5.32 Å². The van der Waals surface area contributed by atoms with E-state index < -0.39 is 0 Å². The minimum Gasteiger partial charge on any atom is -0.662 e. The zero-order chi connectivity index (χ0) is 14.2. The summed E-state index contributed by atoms with van der Waals surface area (Å²) in [6.07, 6.45) is 3.65. The Labute approximate surface area is 174 Å². The molecule has 1 unspecified atom stereocenters. The van der Waals surface area contributed by atoms with Crippen molar-refractivity contribution in [3.05, 3.63) is 34.1 Å². The molecule has 2 heterocycles. The molecule has 2 fully saturated rings. The summed E-state index contributed by atoms with van der Waals surface area (Å²) in [7, 11) is 0. The van der Waals surface area contributed by atoms with Gasteiger partial charge >= 0.3 is 51.4 Å². The molecular formula is C16H19ClKN3. The van der Waals surface area contributed by atoms with Crippen LogP contribution in [0.1, 0.15) is 31.7 Å². The summed E-state index contributed by atoms with van der Waals surface area (Å²) >= 11 is 6.17. The molecule has 21 heavy (non-hydrogen) atoms. The molecule has 2 aliphatic heterocycles. The smallest absolute Gasteiger partial charge is 0.662 e. The van der Waals surface area contributed by atoms with E-state index in [0.29, 0.717) is 22.0 Å². The molecule has 0 amide bonds. The third kappa shape index (κ3) is 3.67. The maximum absolute atomic E-state index is 8.97. The Bertz CT molecular complexity index is 549. The minimum atomic E-state index is 0. The second-order valence-corrected chi connectivity index (χ2v) is 6.54. The van der Waals surface area contributed by atoms with Gasteiger partial charge in [0.2, 0.25) is 0 Å². The fraction of sp³-hybridized carbons (Fsp3) is 0.562. The topological polar surface area (TPSA) is 41.1 Å². The van der Waals surface area contributed by atoms with Crippen molar-refractivity contribution in [3.8, 4) is 6.07 Å². The fourth-order valence-corrected chi connectivity index (χ4v) is 3.89. The van der Waals surface area contributed by atoms with Crippen LogP contribution in [0, 0.1) is 16.7 Å². The van der Waals surface area contributed by atoms with Crippen LogP contribution >= 0.6 is 11.6 Å². The van der Waals surface area contributed by atoms with Crippen LogP contribution in [0.5, 0.6) is 0 Å². The van der Waals surface area contributed by atoms with Crippen LogP contribution in [0.3, 0.4) is 0 Å². The normalized spacial score (nSPS) is 23.7. The van der Waals surface area contributed by atoms with E-state index in [4.69, 9.17) is 16.9 Å². The van der Waals surface area contributed by atoms with Crippen LogP contribution in [0.2, 0.25) is 5.02 Å². The van der Waals surface area contributed by atoms with E-state index in [1.807, 2.05) is 18.2 Å². The number of hydrogen-bond acceptors (Lipinski definition) is 2. The minimum absolute atomic E-state index is 0. The summed E-state index contributed by atoms with van der Waals surface area (Å²) in [6.45, 7) is 5.39. The molecule has 0 aromatic heterocycles. The van der Waals surface area contributed by atoms with Crippen LogP contribution in [-0.4, -0.2) is 25.7 Å². The van der Waals surface area contributed by atoms with Gasteiger partial charge < -0.3 is 10.2 Å². The Morgan fingerprint density at radius 1 is 1.38 bits per heavy atom. The Morgan fingerprint density at radius 3 is 2.71 bits per heavy atom. The van der Waals surface area contributed by atoms with Crippen molar-refractivity contribution in [1.82, 2.24) is 0 Å². The Hall–Kier alpha value is 0.396. The summed E-state index contributed by atoms with van der Waals surface area (Å²) in [5, 5.41) is 14.0. The van der Waals surface area contributed by atoms with E-state index >= 15 is 0 Å². The largest absolute Gasteiger partial charge is 1.00 e. The molecule has 2 saturated heterocycles. The number of halogens is 1. The van der Waals surface area contributed by atoms with Crippen LogP contribution in [0.15, 0.2) is 18.2 Å². The summed E-state index contributed by atoms with van der Waals surface area (Å²) in [5.74, 6) is 0. The molecule has 1 spiro atoms. The van der Waals surface area contributed by atoms with Crippen LogP contribution in [0.4, 0.5) is 5.69 Å². The molecule has 0 bridgehead atoms. The summed E-state index contributed by atoms with van der Waals surface area (Å²) in [4.78, 5) is 2.44. The van der Waals surface area contributed by atoms with E-state index in [0.717, 1.165) is 25.3 Å². The second kappa shape index (κ2) is 7.31. The first kappa shape index (κ1) is 17.7. The molecule has 0 radical (unpaired) electrons. The number of rotatable bonds is 1. The van der Waals surface area contributed by atoms with Gasteiger partial charge in [-0.3, -0.25) is 0 Å². The summed E-state index contributed by atoms with van der Waals surface area (Å²) in [5.41, 5.74) is 2.12. The van der Waals surface area contributed by atoms with E-state index in [-0.39, 0.29) is 51.4 Å². The second-order valence-electron chi connectivity index (χ2n) is 6.13. The predicted molar refractivity (Wildman–Crippen MR) is 82.4 cm³/mol. The summed E-state index contributed by atoms with van der Waals surface area (Å²) < 4.78 is 0. The SMILES string of the molecule is CC1CC2(CC[N-]CC2)CN1c1ccc(C#N)c(Cl)c1.[K+]. The van der Waals surface area contributed by atoms with Crippen molar-refractivity contribution < 1.29 is 51.4 Å². The van der Waals surface area contributed by atoms with Crippen LogP contribution in [-0.2, 0) is 0 Å². The van der Waals surface area contributed by atoms with E-state index in [1.54, 1.807) is 0 Å². The third-order valence-electron chi connectivity index (χ3n) is 4.77. The molecular weight excluding hydrogens is 309 g/mol. The Balaban J connectivity index is 0.00000161. The van der Waals surface area contributed by atoms with Gasteiger partial charge in [0.1, 0.15) is 6.07 Å². The first-order chi connectivity index (χ1) is 9.63. The standard InChI is InChI=1S/C16H19ClN3.K/c1-12-9-16(4-6-19-7-5-16)11-20(12)14-3-2-13(10-18)15(17)8-14;/h2-3,8,12H,4-7,9,11H2,1H3;/q-1;+1. The molecule has 1 aromatic rings. The van der Waals surface area contributed by atoms with Crippen molar-refractivity contribution in [3.63, 3.8) is 0 Å². The van der Waals surface area contributed by atoms with Crippen molar-refractivity contribution in [2.24, 2.45) is 5.41 Å². The quantitative estimate of drug-likeness (QED) is 0.721. The van der Waals surface area contributed by atoms with Crippen molar-refractivity contribution in [2.45, 2.75) is 32.2 Å². The number of benzene rings is 1. The number of nitriles is 1. The van der Waals surface area contributed by atoms with E-state index in [1.165, 1.54) is 19.3 Å². The van der Waals surface area contributed by atoms with Gasteiger partial charge in [-0.15, -0.1) is 13.1 Å². The number of nitrogens with zero attached hydrogens (tertiary/aromatic N) is 3. The zero-order valence-corrected chi connectivity index (χ0v) is 16.7. The first-order valence-electron chi connectivity index (χ1n) is 7.23. The van der Waals surface area contributed by atoms with Crippen molar-refractivity contribution in [2.75, 3.05) is 24.5 Å². The molecule has 1 atom stereocenters. The van der Waals surface area contributed by atoms with Gasteiger partial charge in [-0.2, -0.15) is 5.26 Å². The van der Waals surface area contributed by atoms with Crippen molar-refractivity contribution in [1.29, 1.82) is 5.26 Å². The number of hydrogen-bond donors (Lipinski definition) is 0. The third-order valence-corrected chi connectivity index (χ3v) is 5.08. The fourth-order valence-electron chi connectivity index (χ4n) is 3.67. The first-order valence-corrected chi connectivity index (χ1v) is 7.61. The Kier molecular flexibility index (Phi) is 6.18. The van der Waals surface area contributed by atoms with Gasteiger partial charge in [-0.1, -0.05) is 24.4 Å². The number of piperidine rings is 1. The predicted octanol–water partition coefficient (Wildman–Crippen LogP) is 0.968. The molecule has 3 rings (SSSR count). The maximum atomic E-state index is 8.97. The maximum Gasteiger partial charge on any atom is 1.00 e. The molecule has 3 nitrogen and oxygen atoms in total. The molecule has 0 aliphatic carbocycles. The monoisotopic (exact) mass is 327 g/mol. The summed E-state index contributed by atoms with van der Waals surface area (Å²) in [6, 6.07) is 8.42. The van der Waals surface area contributed by atoms with Gasteiger partial charge in [-0.25, -0.2) is 0 Å². The van der Waals surface area contributed by atoms with E-state index in [2.05, 4.69) is 23.2 Å². The average molecular weight is 328 g/mol. The molecule has 5 heteroatoms. The molecule has 1 aromatic carbocycles. The van der Waals surface area contributed by atoms with Gasteiger partial charge in [0.15, 0.2) is 0 Å². The number of anilines is 1. The molecule has 0 N–H and O–H groups in total.